The zero-order chi connectivity index (χ0) is 13.2. The molecule has 0 bridgehead atoms. The predicted molar refractivity (Wildman–Crippen MR) is 63.5 cm³/mol. The van der Waals surface area contributed by atoms with Crippen LogP contribution in [0.5, 0.6) is 0 Å². The van der Waals surface area contributed by atoms with Crippen molar-refractivity contribution in [3.8, 4) is 0 Å². The number of hydrogen-bond acceptors (Lipinski definition) is 2. The summed E-state index contributed by atoms with van der Waals surface area (Å²) in [7, 11) is 1.54. The lowest BCUT2D eigenvalue weighted by atomic mass is 9.82. The maximum Gasteiger partial charge on any atom is 0.130 e. The second-order valence-corrected chi connectivity index (χ2v) is 5.21. The Morgan fingerprint density at radius 3 is 2.24 bits per heavy atom. The van der Waals surface area contributed by atoms with Gasteiger partial charge in [0.15, 0.2) is 0 Å². The van der Waals surface area contributed by atoms with E-state index in [1.54, 1.807) is 0 Å². The molecule has 0 heterocycles. The van der Waals surface area contributed by atoms with Gasteiger partial charge in [0.1, 0.15) is 11.6 Å². The second kappa shape index (κ2) is 5.10. The molecule has 2 nitrogen and oxygen atoms in total. The zero-order valence-corrected chi connectivity index (χ0v) is 10.6. The summed E-state index contributed by atoms with van der Waals surface area (Å²) in [5, 5.41) is 0. The van der Waals surface area contributed by atoms with Crippen molar-refractivity contribution in [3.63, 3.8) is 0 Å². The summed E-state index contributed by atoms with van der Waals surface area (Å²) in [6.45, 7) is 5.88. The molecule has 0 aliphatic rings. The van der Waals surface area contributed by atoms with Gasteiger partial charge >= 0.3 is 0 Å². The quantitative estimate of drug-likeness (QED) is 0.885. The van der Waals surface area contributed by atoms with Crippen molar-refractivity contribution >= 4 is 0 Å². The number of ether oxygens (including phenoxy) is 1. The van der Waals surface area contributed by atoms with Gasteiger partial charge in [0.2, 0.25) is 0 Å². The minimum absolute atomic E-state index is 0.227. The first-order valence-corrected chi connectivity index (χ1v) is 5.50. The molecule has 0 spiro atoms. The van der Waals surface area contributed by atoms with E-state index in [9.17, 15) is 8.78 Å². The van der Waals surface area contributed by atoms with Crippen LogP contribution in [0.4, 0.5) is 8.78 Å². The molecule has 0 aromatic heterocycles. The van der Waals surface area contributed by atoms with Gasteiger partial charge in [-0.15, -0.1) is 0 Å². The summed E-state index contributed by atoms with van der Waals surface area (Å²) < 4.78 is 31.8. The molecule has 2 N–H and O–H groups in total. The van der Waals surface area contributed by atoms with Crippen molar-refractivity contribution in [1.82, 2.24) is 0 Å². The zero-order valence-electron chi connectivity index (χ0n) is 10.6. The Labute approximate surface area is 101 Å². The first-order valence-electron chi connectivity index (χ1n) is 5.50. The van der Waals surface area contributed by atoms with Crippen molar-refractivity contribution < 1.29 is 13.5 Å². The van der Waals surface area contributed by atoms with E-state index < -0.39 is 17.7 Å². The van der Waals surface area contributed by atoms with Crippen LogP contribution in [0.2, 0.25) is 0 Å². The molecule has 0 radical (unpaired) electrons. The lowest BCUT2D eigenvalue weighted by Crippen LogP contribution is -2.39. The van der Waals surface area contributed by atoms with Gasteiger partial charge in [-0.05, 0) is 11.5 Å². The Morgan fingerprint density at radius 1 is 1.24 bits per heavy atom. The average Bonchev–Trinajstić information content (AvgIpc) is 2.15. The number of benzene rings is 1. The molecule has 0 saturated carbocycles. The predicted octanol–water partition coefficient (Wildman–Crippen LogP) is 3.03. The highest BCUT2D eigenvalue weighted by Gasteiger charge is 2.32. The van der Waals surface area contributed by atoms with E-state index >= 15 is 0 Å². The smallest absolute Gasteiger partial charge is 0.130 e. The van der Waals surface area contributed by atoms with Gasteiger partial charge in [-0.3, -0.25) is 0 Å². The average molecular weight is 243 g/mol. The van der Waals surface area contributed by atoms with E-state index in [2.05, 4.69) is 0 Å². The van der Waals surface area contributed by atoms with E-state index in [4.69, 9.17) is 10.5 Å². The van der Waals surface area contributed by atoms with Crippen LogP contribution >= 0.6 is 0 Å². The molecule has 0 aliphatic heterocycles. The standard InChI is InChI=1S/C13H19F2NO/c1-13(2,3)12(17-4)11(16)9-6-5-8(14)7-10(9)15/h5-7,11-12H,16H2,1-4H3. The highest BCUT2D eigenvalue weighted by molar-refractivity contribution is 5.23. The maximum atomic E-state index is 13.6. The van der Waals surface area contributed by atoms with Crippen LogP contribution in [-0.2, 0) is 4.74 Å². The number of nitrogens with two attached hydrogens (primary N) is 1. The minimum Gasteiger partial charge on any atom is -0.379 e. The molecule has 0 amide bonds. The number of hydrogen-bond donors (Lipinski definition) is 1. The summed E-state index contributed by atoms with van der Waals surface area (Å²) in [5.41, 5.74) is 6.04. The number of methoxy groups -OCH3 is 1. The molecule has 1 aromatic carbocycles. The molecule has 2 unspecified atom stereocenters. The number of halogens is 2. The fraction of sp³-hybridized carbons (Fsp3) is 0.538. The monoisotopic (exact) mass is 243 g/mol. The molecular formula is C13H19F2NO. The van der Waals surface area contributed by atoms with Crippen molar-refractivity contribution in [2.75, 3.05) is 7.11 Å². The van der Waals surface area contributed by atoms with E-state index in [0.29, 0.717) is 0 Å². The van der Waals surface area contributed by atoms with E-state index in [1.165, 1.54) is 19.2 Å². The third kappa shape index (κ3) is 3.23. The molecule has 96 valence electrons. The Hall–Kier alpha value is -1.00. The molecule has 0 saturated heterocycles. The highest BCUT2D eigenvalue weighted by Crippen LogP contribution is 2.32. The highest BCUT2D eigenvalue weighted by atomic mass is 19.1. The summed E-state index contributed by atoms with van der Waals surface area (Å²) in [5.74, 6) is -1.24. The van der Waals surface area contributed by atoms with E-state index in [0.717, 1.165) is 6.07 Å². The molecule has 1 rings (SSSR count). The van der Waals surface area contributed by atoms with E-state index in [-0.39, 0.29) is 17.1 Å². The summed E-state index contributed by atoms with van der Waals surface area (Å²) in [4.78, 5) is 0. The van der Waals surface area contributed by atoms with Gasteiger partial charge < -0.3 is 10.5 Å². The molecule has 0 aliphatic carbocycles. The van der Waals surface area contributed by atoms with Crippen LogP contribution in [0.25, 0.3) is 0 Å². The molecule has 2 atom stereocenters. The van der Waals surface area contributed by atoms with Gasteiger partial charge in [0, 0.05) is 18.7 Å². The van der Waals surface area contributed by atoms with Crippen LogP contribution < -0.4 is 5.73 Å². The van der Waals surface area contributed by atoms with Crippen LogP contribution in [0.1, 0.15) is 32.4 Å². The Bertz CT molecular complexity index is 387. The normalized spacial score (nSPS) is 15.7. The summed E-state index contributed by atoms with van der Waals surface area (Å²) in [6, 6.07) is 2.78. The van der Waals surface area contributed by atoms with Gasteiger partial charge in [0.05, 0.1) is 12.1 Å². The lowest BCUT2D eigenvalue weighted by Gasteiger charge is -2.34. The first-order chi connectivity index (χ1) is 7.77. The van der Waals surface area contributed by atoms with Crippen molar-refractivity contribution in [2.45, 2.75) is 32.9 Å². The molecule has 17 heavy (non-hydrogen) atoms. The topological polar surface area (TPSA) is 35.2 Å². The molecule has 4 heteroatoms. The third-order valence-electron chi connectivity index (χ3n) is 2.76. The second-order valence-electron chi connectivity index (χ2n) is 5.21. The van der Waals surface area contributed by atoms with Crippen molar-refractivity contribution in [3.05, 3.63) is 35.4 Å². The van der Waals surface area contributed by atoms with Crippen LogP contribution in [0.15, 0.2) is 18.2 Å². The third-order valence-corrected chi connectivity index (χ3v) is 2.76. The van der Waals surface area contributed by atoms with Gasteiger partial charge in [-0.2, -0.15) is 0 Å². The largest absolute Gasteiger partial charge is 0.379 e. The van der Waals surface area contributed by atoms with Crippen LogP contribution in [-0.4, -0.2) is 13.2 Å². The van der Waals surface area contributed by atoms with Crippen LogP contribution in [0.3, 0.4) is 0 Å². The van der Waals surface area contributed by atoms with Crippen molar-refractivity contribution in [2.24, 2.45) is 11.1 Å². The first kappa shape index (κ1) is 14.1. The lowest BCUT2D eigenvalue weighted by molar-refractivity contribution is -0.00317. The summed E-state index contributed by atoms with van der Waals surface area (Å²) >= 11 is 0. The van der Waals surface area contributed by atoms with Gasteiger partial charge in [-0.25, -0.2) is 8.78 Å². The minimum atomic E-state index is -0.635. The van der Waals surface area contributed by atoms with Crippen molar-refractivity contribution in [1.29, 1.82) is 0 Å². The summed E-state index contributed by atoms with van der Waals surface area (Å²) in [6.07, 6.45) is -0.345. The van der Waals surface area contributed by atoms with Crippen LogP contribution in [0, 0.1) is 17.0 Å². The maximum absolute atomic E-state index is 13.6. The molecule has 1 aromatic rings. The van der Waals surface area contributed by atoms with Gasteiger partial charge in [0.25, 0.3) is 0 Å². The Balaban J connectivity index is 3.06. The van der Waals surface area contributed by atoms with Gasteiger partial charge in [-0.1, -0.05) is 26.8 Å². The SMILES string of the molecule is COC(C(N)c1ccc(F)cc1F)C(C)(C)C. The fourth-order valence-corrected chi connectivity index (χ4v) is 1.97. The Morgan fingerprint density at radius 2 is 1.82 bits per heavy atom. The Kier molecular flexibility index (Phi) is 4.22. The molecular weight excluding hydrogens is 224 g/mol. The molecule has 0 fully saturated rings. The number of rotatable bonds is 3. The van der Waals surface area contributed by atoms with E-state index in [1.807, 2.05) is 20.8 Å². The fourth-order valence-electron chi connectivity index (χ4n) is 1.97.